The second-order valence-corrected chi connectivity index (χ2v) is 9.97. The van der Waals surface area contributed by atoms with Crippen LogP contribution in [0.1, 0.15) is 25.7 Å². The molecule has 0 aliphatic rings. The summed E-state index contributed by atoms with van der Waals surface area (Å²) < 4.78 is 0. The lowest BCUT2D eigenvalue weighted by Gasteiger charge is -2.05. The van der Waals surface area contributed by atoms with E-state index in [1.54, 1.807) is 11.3 Å². The number of aryl methyl sites for hydroxylation is 1. The Hall–Kier alpha value is -2.81. The summed E-state index contributed by atoms with van der Waals surface area (Å²) >= 11 is 4.48. The van der Waals surface area contributed by atoms with Gasteiger partial charge in [-0.2, -0.15) is 0 Å². The molecule has 0 radical (unpaired) electrons. The van der Waals surface area contributed by atoms with E-state index in [1.807, 2.05) is 61.7 Å². The molecule has 4 aromatic rings. The molecule has 2 amide bonds. The summed E-state index contributed by atoms with van der Waals surface area (Å²) in [6.07, 6.45) is 0.173. The Bertz CT molecular complexity index is 1210. The number of carbonyl (C=O) groups excluding carboxylic acids is 2. The molecule has 0 saturated heterocycles. The maximum absolute atomic E-state index is 12.9. The van der Waals surface area contributed by atoms with Crippen molar-refractivity contribution in [3.8, 4) is 21.1 Å². The highest BCUT2D eigenvalue weighted by Gasteiger charge is 2.21. The van der Waals surface area contributed by atoms with E-state index in [4.69, 9.17) is 10.7 Å². The number of anilines is 1. The number of thiazole rings is 1. The van der Waals surface area contributed by atoms with Crippen LogP contribution in [0.2, 0.25) is 0 Å². The molecule has 3 aromatic heterocycles. The molecule has 30 heavy (non-hydrogen) atoms. The van der Waals surface area contributed by atoms with E-state index in [1.165, 1.54) is 22.7 Å². The number of thiophene rings is 2. The molecule has 1 aromatic carbocycles. The Balaban J connectivity index is 1.64. The van der Waals surface area contributed by atoms with Crippen molar-refractivity contribution < 1.29 is 9.59 Å². The average molecular weight is 454 g/mol. The van der Waals surface area contributed by atoms with Gasteiger partial charge in [-0.15, -0.1) is 34.0 Å². The van der Waals surface area contributed by atoms with Crippen molar-refractivity contribution in [3.63, 3.8) is 0 Å². The monoisotopic (exact) mass is 453 g/mol. The maximum atomic E-state index is 12.9. The predicted molar refractivity (Wildman–Crippen MR) is 126 cm³/mol. The van der Waals surface area contributed by atoms with E-state index in [0.29, 0.717) is 10.6 Å². The van der Waals surface area contributed by atoms with Gasteiger partial charge in [0.25, 0.3) is 5.91 Å². The highest BCUT2D eigenvalue weighted by atomic mass is 32.1. The van der Waals surface area contributed by atoms with E-state index in [2.05, 4.69) is 5.32 Å². The first-order valence-electron chi connectivity index (χ1n) is 9.22. The average Bonchev–Trinajstić information content (AvgIpc) is 3.43. The second-order valence-electron chi connectivity index (χ2n) is 6.71. The van der Waals surface area contributed by atoms with Gasteiger partial charge in [-0.1, -0.05) is 36.4 Å². The second kappa shape index (κ2) is 8.51. The SMILES string of the molecule is Cc1sc(NC(=O)Cc2sc(-c3ccccc3)nc2-c2cccs2)c(C(N)=O)c1C. The number of primary amides is 1. The molecule has 5 nitrogen and oxygen atoms in total. The molecule has 0 spiro atoms. The predicted octanol–water partition coefficient (Wildman–Crippen LogP) is 5.50. The number of rotatable bonds is 6. The Morgan fingerprint density at radius 2 is 1.83 bits per heavy atom. The van der Waals surface area contributed by atoms with Crippen molar-refractivity contribution in [2.24, 2.45) is 5.73 Å². The van der Waals surface area contributed by atoms with Crippen LogP contribution in [-0.4, -0.2) is 16.8 Å². The van der Waals surface area contributed by atoms with E-state index in [0.717, 1.165) is 36.5 Å². The molecule has 152 valence electrons. The summed E-state index contributed by atoms with van der Waals surface area (Å²) in [6, 6.07) is 13.9. The van der Waals surface area contributed by atoms with E-state index >= 15 is 0 Å². The molecule has 0 unspecified atom stereocenters. The summed E-state index contributed by atoms with van der Waals surface area (Å²) in [6.45, 7) is 3.75. The Morgan fingerprint density at radius 3 is 2.50 bits per heavy atom. The number of aromatic nitrogens is 1. The fraction of sp³-hybridized carbons (Fsp3) is 0.136. The van der Waals surface area contributed by atoms with E-state index < -0.39 is 5.91 Å². The van der Waals surface area contributed by atoms with Crippen LogP contribution in [0.25, 0.3) is 21.1 Å². The molecular weight excluding hydrogens is 434 g/mol. The van der Waals surface area contributed by atoms with Gasteiger partial charge in [0.2, 0.25) is 5.91 Å². The van der Waals surface area contributed by atoms with E-state index in [-0.39, 0.29) is 12.3 Å². The molecule has 0 fully saturated rings. The van der Waals surface area contributed by atoms with Crippen LogP contribution < -0.4 is 11.1 Å². The number of nitrogens with zero attached hydrogens (tertiary/aromatic N) is 1. The first kappa shape index (κ1) is 20.5. The van der Waals surface area contributed by atoms with Gasteiger partial charge in [0.15, 0.2) is 0 Å². The van der Waals surface area contributed by atoms with Gasteiger partial charge in [-0.3, -0.25) is 9.59 Å². The van der Waals surface area contributed by atoms with Crippen molar-refractivity contribution in [1.29, 1.82) is 0 Å². The summed E-state index contributed by atoms with van der Waals surface area (Å²) in [4.78, 5) is 32.4. The number of hydrogen-bond acceptors (Lipinski definition) is 6. The zero-order chi connectivity index (χ0) is 21.3. The van der Waals surface area contributed by atoms with E-state index in [9.17, 15) is 9.59 Å². The molecule has 3 N–H and O–H groups in total. The van der Waals surface area contributed by atoms with Gasteiger partial charge in [0.05, 0.1) is 22.6 Å². The number of nitrogens with two attached hydrogens (primary N) is 1. The van der Waals surface area contributed by atoms with Gasteiger partial charge in [0, 0.05) is 15.3 Å². The zero-order valence-corrected chi connectivity index (χ0v) is 18.8. The third kappa shape index (κ3) is 4.07. The largest absolute Gasteiger partial charge is 0.365 e. The highest BCUT2D eigenvalue weighted by Crippen LogP contribution is 2.37. The minimum atomic E-state index is -0.532. The molecule has 0 bridgehead atoms. The smallest absolute Gasteiger partial charge is 0.251 e. The lowest BCUT2D eigenvalue weighted by molar-refractivity contribution is -0.115. The summed E-state index contributed by atoms with van der Waals surface area (Å²) in [5.74, 6) is -0.726. The molecule has 8 heteroatoms. The van der Waals surface area contributed by atoms with Gasteiger partial charge in [-0.25, -0.2) is 4.98 Å². The fourth-order valence-electron chi connectivity index (χ4n) is 3.11. The quantitative estimate of drug-likeness (QED) is 0.404. The summed E-state index contributed by atoms with van der Waals surface area (Å²) in [5.41, 5.74) is 8.57. The Kier molecular flexibility index (Phi) is 5.80. The maximum Gasteiger partial charge on any atom is 0.251 e. The molecule has 4 rings (SSSR count). The van der Waals surface area contributed by atoms with Crippen LogP contribution in [-0.2, 0) is 11.2 Å². The molecule has 0 aliphatic carbocycles. The lowest BCUT2D eigenvalue weighted by Crippen LogP contribution is -2.18. The number of benzene rings is 1. The first-order chi connectivity index (χ1) is 14.4. The third-order valence-electron chi connectivity index (χ3n) is 4.68. The van der Waals surface area contributed by atoms with Crippen LogP contribution in [0.15, 0.2) is 47.8 Å². The van der Waals surface area contributed by atoms with Gasteiger partial charge < -0.3 is 11.1 Å². The van der Waals surface area contributed by atoms with Crippen LogP contribution in [0.5, 0.6) is 0 Å². The number of carbonyl (C=O) groups is 2. The minimum absolute atomic E-state index is 0.173. The number of hydrogen-bond donors (Lipinski definition) is 2. The standard InChI is InChI=1S/C22H19N3O2S3/c1-12-13(2)29-22(18(12)20(23)27)24-17(26)11-16-19(15-9-6-10-28-15)25-21(30-16)14-7-4-3-5-8-14/h3-10H,11H2,1-2H3,(H2,23,27)(H,24,26). The number of nitrogens with one attached hydrogen (secondary N) is 1. The molecular formula is C22H19N3O2S3. The van der Waals surface area contributed by atoms with Gasteiger partial charge in [-0.05, 0) is 30.9 Å². The minimum Gasteiger partial charge on any atom is -0.365 e. The van der Waals surface area contributed by atoms with Crippen molar-refractivity contribution in [3.05, 3.63) is 68.7 Å². The van der Waals surface area contributed by atoms with Crippen LogP contribution in [0.3, 0.4) is 0 Å². The van der Waals surface area contributed by atoms with Crippen LogP contribution in [0, 0.1) is 13.8 Å². The van der Waals surface area contributed by atoms with Crippen LogP contribution >= 0.6 is 34.0 Å². The van der Waals surface area contributed by atoms with Crippen molar-refractivity contribution in [2.45, 2.75) is 20.3 Å². The Morgan fingerprint density at radius 1 is 1.07 bits per heavy atom. The fourth-order valence-corrected chi connectivity index (χ4v) is 6.08. The molecule has 0 atom stereocenters. The van der Waals surface area contributed by atoms with Crippen molar-refractivity contribution in [2.75, 3.05) is 5.32 Å². The summed E-state index contributed by atoms with van der Waals surface area (Å²) in [7, 11) is 0. The van der Waals surface area contributed by atoms with Crippen LogP contribution in [0.4, 0.5) is 5.00 Å². The normalized spacial score (nSPS) is 10.9. The zero-order valence-electron chi connectivity index (χ0n) is 16.4. The molecule has 0 saturated carbocycles. The first-order valence-corrected chi connectivity index (χ1v) is 11.7. The van der Waals surface area contributed by atoms with Gasteiger partial charge in [0.1, 0.15) is 10.0 Å². The van der Waals surface area contributed by atoms with Gasteiger partial charge >= 0.3 is 0 Å². The topological polar surface area (TPSA) is 85.1 Å². The number of amides is 2. The molecule has 3 heterocycles. The lowest BCUT2D eigenvalue weighted by atomic mass is 10.1. The third-order valence-corrected chi connectivity index (χ3v) is 7.78. The molecule has 0 aliphatic heterocycles. The highest BCUT2D eigenvalue weighted by molar-refractivity contribution is 7.17. The summed E-state index contributed by atoms with van der Waals surface area (Å²) in [5, 5.41) is 6.27. The Labute approximate surface area is 186 Å². The van der Waals surface area contributed by atoms with Crippen molar-refractivity contribution >= 4 is 50.8 Å². The van der Waals surface area contributed by atoms with Crippen molar-refractivity contribution in [1.82, 2.24) is 4.98 Å².